The molecule has 0 saturated carbocycles. The van der Waals surface area contributed by atoms with Gasteiger partial charge < -0.3 is 0 Å². The van der Waals surface area contributed by atoms with Crippen LogP contribution in [0.15, 0.2) is 34.4 Å². The summed E-state index contributed by atoms with van der Waals surface area (Å²) in [6, 6.07) is 4.05. The van der Waals surface area contributed by atoms with Crippen molar-refractivity contribution < 1.29 is 0 Å². The first-order valence-electron chi connectivity index (χ1n) is 3.55. The van der Waals surface area contributed by atoms with E-state index in [0.29, 0.717) is 0 Å². The molecule has 4 heteroatoms. The molecule has 0 amide bonds. The van der Waals surface area contributed by atoms with Crippen molar-refractivity contribution >= 4 is 27.3 Å². The molecule has 2 rings (SSSR count). The zero-order valence-electron chi connectivity index (χ0n) is 6.27. The van der Waals surface area contributed by atoms with Gasteiger partial charge >= 0.3 is 0 Å². The van der Waals surface area contributed by atoms with Crippen molar-refractivity contribution in [1.29, 1.82) is 0 Å². The maximum Gasteiger partial charge on any atom is 0.0752 e. The Labute approximate surface area is 83.0 Å². The van der Waals surface area contributed by atoms with Crippen molar-refractivity contribution in [2.45, 2.75) is 6.54 Å². The predicted octanol–water partition coefficient (Wildman–Crippen LogP) is 2.76. The summed E-state index contributed by atoms with van der Waals surface area (Å²) >= 11 is 5.16. The molecule has 62 valence electrons. The molecule has 12 heavy (non-hydrogen) atoms. The number of nitrogens with zero attached hydrogens (tertiary/aromatic N) is 2. The van der Waals surface area contributed by atoms with Gasteiger partial charge in [-0.2, -0.15) is 5.10 Å². The van der Waals surface area contributed by atoms with E-state index in [1.807, 2.05) is 16.9 Å². The third-order valence-electron chi connectivity index (χ3n) is 1.50. The first kappa shape index (κ1) is 8.01. The molecule has 2 aromatic rings. The van der Waals surface area contributed by atoms with Crippen molar-refractivity contribution in [2.24, 2.45) is 0 Å². The molecule has 0 saturated heterocycles. The highest BCUT2D eigenvalue weighted by Gasteiger charge is 1.97. The third-order valence-corrected chi connectivity index (χ3v) is 3.18. The van der Waals surface area contributed by atoms with Gasteiger partial charge in [-0.15, -0.1) is 11.3 Å². The van der Waals surface area contributed by atoms with Crippen molar-refractivity contribution in [2.75, 3.05) is 0 Å². The first-order valence-corrected chi connectivity index (χ1v) is 5.22. The predicted molar refractivity (Wildman–Crippen MR) is 53.3 cm³/mol. The van der Waals surface area contributed by atoms with E-state index in [1.165, 1.54) is 4.88 Å². The number of hydrogen-bond donors (Lipinski definition) is 0. The maximum absolute atomic E-state index is 4.13. The van der Waals surface area contributed by atoms with Gasteiger partial charge in [0.15, 0.2) is 0 Å². The number of hydrogen-bond acceptors (Lipinski definition) is 2. The quantitative estimate of drug-likeness (QED) is 0.792. The van der Waals surface area contributed by atoms with Gasteiger partial charge in [-0.1, -0.05) is 0 Å². The fraction of sp³-hybridized carbons (Fsp3) is 0.125. The Morgan fingerprint density at radius 2 is 2.50 bits per heavy atom. The van der Waals surface area contributed by atoms with E-state index in [-0.39, 0.29) is 0 Å². The van der Waals surface area contributed by atoms with Crippen LogP contribution in [0.2, 0.25) is 0 Å². The van der Waals surface area contributed by atoms with Crippen LogP contribution in [0.4, 0.5) is 0 Å². The fourth-order valence-electron chi connectivity index (χ4n) is 0.990. The molecular formula is C8H7BrN2S. The Morgan fingerprint density at radius 3 is 3.08 bits per heavy atom. The van der Waals surface area contributed by atoms with Crippen LogP contribution in [0.1, 0.15) is 4.88 Å². The summed E-state index contributed by atoms with van der Waals surface area (Å²) in [5.74, 6) is 0. The van der Waals surface area contributed by atoms with Crippen molar-refractivity contribution in [3.05, 3.63) is 39.3 Å². The third kappa shape index (κ3) is 1.76. The maximum atomic E-state index is 4.13. The molecule has 0 aliphatic carbocycles. The highest BCUT2D eigenvalue weighted by atomic mass is 79.9. The summed E-state index contributed by atoms with van der Waals surface area (Å²) in [4.78, 5) is 1.31. The van der Waals surface area contributed by atoms with Crippen LogP contribution in [0, 0.1) is 0 Å². The summed E-state index contributed by atoms with van der Waals surface area (Å²) in [6.45, 7) is 0.864. The number of aromatic nitrogens is 2. The van der Waals surface area contributed by atoms with Crippen LogP contribution < -0.4 is 0 Å². The number of thiophene rings is 1. The van der Waals surface area contributed by atoms with Gasteiger partial charge in [-0.25, -0.2) is 0 Å². The topological polar surface area (TPSA) is 17.8 Å². The van der Waals surface area contributed by atoms with Gasteiger partial charge in [0.2, 0.25) is 0 Å². The second kappa shape index (κ2) is 3.41. The van der Waals surface area contributed by atoms with Gasteiger partial charge in [0, 0.05) is 27.1 Å². The lowest BCUT2D eigenvalue weighted by atomic mass is 10.5. The van der Waals surface area contributed by atoms with Crippen molar-refractivity contribution in [3.8, 4) is 0 Å². The molecule has 0 spiro atoms. The Kier molecular flexibility index (Phi) is 2.28. The summed E-state index contributed by atoms with van der Waals surface area (Å²) in [5, 5.41) is 6.21. The summed E-state index contributed by atoms with van der Waals surface area (Å²) in [6.07, 6.45) is 3.76. The molecule has 0 radical (unpaired) electrons. The van der Waals surface area contributed by atoms with Crippen LogP contribution in [-0.4, -0.2) is 9.78 Å². The lowest BCUT2D eigenvalue weighted by Crippen LogP contribution is -1.96. The van der Waals surface area contributed by atoms with Gasteiger partial charge in [0.25, 0.3) is 0 Å². The lowest BCUT2D eigenvalue weighted by Gasteiger charge is -1.95. The van der Waals surface area contributed by atoms with Crippen LogP contribution >= 0.6 is 27.3 Å². The molecule has 0 unspecified atom stereocenters. The van der Waals surface area contributed by atoms with Crippen LogP contribution in [0.5, 0.6) is 0 Å². The van der Waals surface area contributed by atoms with E-state index in [4.69, 9.17) is 0 Å². The first-order chi connectivity index (χ1) is 5.84. The summed E-state index contributed by atoms with van der Waals surface area (Å²) < 4.78 is 3.06. The van der Waals surface area contributed by atoms with E-state index in [1.54, 1.807) is 17.5 Å². The highest BCUT2D eigenvalue weighted by molar-refractivity contribution is 9.10. The van der Waals surface area contributed by atoms with E-state index < -0.39 is 0 Å². The minimum atomic E-state index is 0.864. The summed E-state index contributed by atoms with van der Waals surface area (Å²) in [7, 11) is 0. The molecule has 0 atom stereocenters. The summed E-state index contributed by atoms with van der Waals surface area (Å²) in [5.41, 5.74) is 0. The van der Waals surface area contributed by atoms with E-state index >= 15 is 0 Å². The molecule has 0 N–H and O–H groups in total. The fourth-order valence-corrected chi connectivity index (χ4v) is 2.43. The minimum Gasteiger partial charge on any atom is -0.268 e. The van der Waals surface area contributed by atoms with Gasteiger partial charge in [-0.05, 0) is 28.1 Å². The van der Waals surface area contributed by atoms with Crippen molar-refractivity contribution in [3.63, 3.8) is 0 Å². The Hall–Kier alpha value is -0.610. The SMILES string of the molecule is Brc1csc(Cn2cccn2)c1. The average molecular weight is 243 g/mol. The minimum absolute atomic E-state index is 0.864. The Morgan fingerprint density at radius 1 is 1.58 bits per heavy atom. The van der Waals surface area contributed by atoms with E-state index in [0.717, 1.165) is 11.0 Å². The van der Waals surface area contributed by atoms with Gasteiger partial charge in [0.05, 0.1) is 6.54 Å². The molecule has 0 aromatic carbocycles. The second-order valence-electron chi connectivity index (χ2n) is 2.43. The van der Waals surface area contributed by atoms with E-state index in [9.17, 15) is 0 Å². The van der Waals surface area contributed by atoms with Gasteiger partial charge in [-0.3, -0.25) is 4.68 Å². The Balaban J connectivity index is 2.14. The average Bonchev–Trinajstić information content (AvgIpc) is 2.63. The standard InChI is InChI=1S/C8H7BrN2S/c9-7-4-8(12-6-7)5-11-3-1-2-10-11/h1-4,6H,5H2. The molecule has 0 fully saturated rings. The second-order valence-corrected chi connectivity index (χ2v) is 4.35. The molecule has 2 heterocycles. The lowest BCUT2D eigenvalue weighted by molar-refractivity contribution is 0.694. The normalized spacial score (nSPS) is 10.4. The highest BCUT2D eigenvalue weighted by Crippen LogP contribution is 2.20. The molecular weight excluding hydrogens is 236 g/mol. The monoisotopic (exact) mass is 242 g/mol. The number of rotatable bonds is 2. The van der Waals surface area contributed by atoms with Gasteiger partial charge in [0.1, 0.15) is 0 Å². The molecule has 0 aliphatic heterocycles. The zero-order valence-corrected chi connectivity index (χ0v) is 8.68. The largest absolute Gasteiger partial charge is 0.268 e. The van der Waals surface area contributed by atoms with Crippen LogP contribution in [-0.2, 0) is 6.54 Å². The van der Waals surface area contributed by atoms with Crippen molar-refractivity contribution in [1.82, 2.24) is 9.78 Å². The zero-order chi connectivity index (χ0) is 8.39. The molecule has 2 aromatic heterocycles. The molecule has 2 nitrogen and oxygen atoms in total. The van der Waals surface area contributed by atoms with E-state index in [2.05, 4.69) is 32.5 Å². The Bertz CT molecular complexity index is 353. The molecule has 0 aliphatic rings. The van der Waals surface area contributed by atoms with Crippen LogP contribution in [0.3, 0.4) is 0 Å². The number of halogens is 1. The molecule has 0 bridgehead atoms. The van der Waals surface area contributed by atoms with Crippen LogP contribution in [0.25, 0.3) is 0 Å². The smallest absolute Gasteiger partial charge is 0.0752 e.